The van der Waals surface area contributed by atoms with Gasteiger partial charge in [-0.05, 0) is 146 Å². The summed E-state index contributed by atoms with van der Waals surface area (Å²) in [6, 6.07) is 12.4. The van der Waals surface area contributed by atoms with E-state index in [1.165, 1.54) is 61.0 Å². The van der Waals surface area contributed by atoms with Crippen molar-refractivity contribution < 1.29 is 23.1 Å². The van der Waals surface area contributed by atoms with E-state index in [1.54, 1.807) is 19.1 Å². The Morgan fingerprint density at radius 2 is 1.83 bits per heavy atom. The molecule has 332 valence electrons. The van der Waals surface area contributed by atoms with E-state index in [0.29, 0.717) is 31.9 Å². The second-order valence-corrected chi connectivity index (χ2v) is 24.7. The number of ether oxygens (including phenoxy) is 1. The number of fused-ring (bicyclic) bond motifs is 5. The molecule has 3 saturated heterocycles. The molecule has 7 atom stereocenters. The molecule has 2 aliphatic carbocycles. The summed E-state index contributed by atoms with van der Waals surface area (Å²) >= 11 is 12.4. The zero-order chi connectivity index (χ0) is 42.5. The number of benzene rings is 2. The van der Waals surface area contributed by atoms with Gasteiger partial charge < -0.3 is 20.1 Å². The monoisotopic (exact) mass is 1010 g/mol. The summed E-state index contributed by atoms with van der Waals surface area (Å²) in [7, 11) is -3.95. The van der Waals surface area contributed by atoms with Crippen LogP contribution in [-0.4, -0.2) is 108 Å². The Morgan fingerprint density at radius 3 is 2.58 bits per heavy atom. The van der Waals surface area contributed by atoms with Gasteiger partial charge in [0.05, 0.1) is 22.1 Å². The van der Waals surface area contributed by atoms with E-state index >= 15 is 0 Å². The van der Waals surface area contributed by atoms with Crippen LogP contribution in [0.4, 0.5) is 5.69 Å². The van der Waals surface area contributed by atoms with Crippen LogP contribution in [0.25, 0.3) is 0 Å². The molecule has 3 N–H and O–H groups in total. The van der Waals surface area contributed by atoms with Gasteiger partial charge in [-0.25, -0.2) is 13.1 Å². The van der Waals surface area contributed by atoms with E-state index in [0.717, 1.165) is 66.8 Å². The highest BCUT2D eigenvalue weighted by Crippen LogP contribution is 2.53. The molecule has 1 amide bonds. The van der Waals surface area contributed by atoms with Crippen molar-refractivity contribution in [2.75, 3.05) is 66.7 Å². The third kappa shape index (κ3) is 10.5. The molecule has 14 heteroatoms. The number of alkyl halides is 1. The standard InChI is InChI=1S/C36H45ClN2O5S3.C8H16N2.C2H5I/c1-23-6-3-15-36(41,34-45-16-5-17-46-34)30-11-8-27(30)20-39-21-35(14-4-7-25-18-28(37)10-12-29(25)35)22-44-32-13-9-26(19-31(32)39)33(40)38-47(42,43)24(23)2;1-2-5-10-6-4-9-7-8(10)3-1;1-2-3/h3,9-10,12-13,15,18-19,23-24,27,30,34,41H,4-8,11,14,16-17,20-22H2,1-2H3,(H,38,40);8-9H,1-7H2;2H2,1H3/b15-3+;;/t23-,24+,27-,30+,35-,36-;8-;/m01./s1. The molecule has 2 aromatic rings. The van der Waals surface area contributed by atoms with Crippen LogP contribution in [0.3, 0.4) is 0 Å². The van der Waals surface area contributed by atoms with E-state index in [4.69, 9.17) is 16.3 Å². The van der Waals surface area contributed by atoms with Gasteiger partial charge in [-0.3, -0.25) is 9.69 Å². The molecule has 5 heterocycles. The fourth-order valence-corrected chi connectivity index (χ4v) is 15.1. The molecule has 5 aliphatic heterocycles. The van der Waals surface area contributed by atoms with E-state index in [9.17, 15) is 18.3 Å². The number of aryl methyl sites for hydroxylation is 1. The second kappa shape index (κ2) is 20.7. The summed E-state index contributed by atoms with van der Waals surface area (Å²) in [6.45, 7) is 12.6. The highest BCUT2D eigenvalue weighted by atomic mass is 127. The zero-order valence-electron chi connectivity index (χ0n) is 35.7. The summed E-state index contributed by atoms with van der Waals surface area (Å²) < 4.78 is 37.1. The lowest BCUT2D eigenvalue weighted by molar-refractivity contribution is -0.0333. The van der Waals surface area contributed by atoms with Crippen LogP contribution in [0.1, 0.15) is 100 Å². The summed E-state index contributed by atoms with van der Waals surface area (Å²) in [6.07, 6.45) is 14.8. The third-order valence-corrected chi connectivity index (χ3v) is 19.5. The number of piperidine rings is 1. The number of aliphatic hydroxyl groups is 1. The number of carbonyl (C=O) groups is 1. The zero-order valence-corrected chi connectivity index (χ0v) is 41.0. The van der Waals surface area contributed by atoms with Gasteiger partial charge in [-0.2, -0.15) is 0 Å². The first-order chi connectivity index (χ1) is 28.9. The Kier molecular flexibility index (Phi) is 16.2. The number of thioether (sulfide) groups is 2. The molecule has 4 fully saturated rings. The first-order valence-electron chi connectivity index (χ1n) is 22.4. The maximum absolute atomic E-state index is 13.5. The second-order valence-electron chi connectivity index (χ2n) is 18.0. The lowest BCUT2D eigenvalue weighted by Gasteiger charge is -2.51. The van der Waals surface area contributed by atoms with E-state index in [1.807, 2.05) is 54.7 Å². The number of carbonyl (C=O) groups excluding carboxylic acids is 1. The fourth-order valence-electron chi connectivity index (χ4n) is 10.4. The molecule has 0 aromatic heterocycles. The van der Waals surface area contributed by atoms with E-state index in [-0.39, 0.29) is 33.3 Å². The van der Waals surface area contributed by atoms with Gasteiger partial charge >= 0.3 is 0 Å². The number of allylic oxidation sites excluding steroid dienone is 1. The molecule has 7 aliphatic rings. The van der Waals surface area contributed by atoms with E-state index < -0.39 is 26.8 Å². The number of hydrogen-bond acceptors (Lipinski definition) is 10. The summed E-state index contributed by atoms with van der Waals surface area (Å²) in [5, 5.41) is 16.0. The highest BCUT2D eigenvalue weighted by Gasteiger charge is 2.52. The molecule has 2 bridgehead atoms. The Hall–Kier alpha value is -1.20. The van der Waals surface area contributed by atoms with Gasteiger partial charge in [0.2, 0.25) is 10.0 Å². The first-order valence-corrected chi connectivity index (χ1v) is 27.9. The maximum Gasteiger partial charge on any atom is 0.264 e. The van der Waals surface area contributed by atoms with E-state index in [2.05, 4.69) is 61.5 Å². The molecule has 9 rings (SSSR count). The van der Waals surface area contributed by atoms with Crippen molar-refractivity contribution in [1.82, 2.24) is 14.9 Å². The van der Waals surface area contributed by atoms with Gasteiger partial charge in [-0.1, -0.05) is 72.7 Å². The Labute approximate surface area is 386 Å². The summed E-state index contributed by atoms with van der Waals surface area (Å²) in [5.41, 5.74) is 2.32. The lowest BCUT2D eigenvalue weighted by Crippen LogP contribution is -2.55. The van der Waals surface area contributed by atoms with Crippen molar-refractivity contribution in [3.05, 3.63) is 70.3 Å². The summed E-state index contributed by atoms with van der Waals surface area (Å²) in [5.74, 6) is 2.18. The fraction of sp³-hybridized carbons (Fsp3) is 0.674. The predicted molar refractivity (Wildman–Crippen MR) is 260 cm³/mol. The SMILES string of the molecule is C1CCN2CCNC[C@H]2C1.CCI.C[C@@H]1[C@@H](C)C/C=C/[C@@](O)(C2SCCCS2)[C@@H]2CC[C@H]2CN2C[C@@]3(CCCc4cc(Cl)ccc43)COc3ccc(cc32)C(=O)NS1(=O)=O. The number of hydrogen-bond donors (Lipinski definition) is 3. The quantitative estimate of drug-likeness (QED) is 0.146. The number of amides is 1. The minimum atomic E-state index is -3.95. The average Bonchev–Trinajstić information content (AvgIpc) is 3.39. The molecule has 9 nitrogen and oxygen atoms in total. The number of piperazine rings is 1. The lowest BCUT2D eigenvalue weighted by atomic mass is 9.64. The van der Waals surface area contributed by atoms with Crippen LogP contribution in [0.2, 0.25) is 5.02 Å². The summed E-state index contributed by atoms with van der Waals surface area (Å²) in [4.78, 5) is 18.5. The largest absolute Gasteiger partial charge is 0.490 e. The minimum Gasteiger partial charge on any atom is -0.490 e. The molecule has 0 radical (unpaired) electrons. The van der Waals surface area contributed by atoms with Crippen LogP contribution < -0.4 is 19.7 Å². The number of nitrogens with zero attached hydrogens (tertiary/aromatic N) is 2. The number of halogens is 2. The van der Waals surface area contributed by atoms with Crippen LogP contribution in [-0.2, 0) is 21.9 Å². The molecule has 2 aromatic carbocycles. The number of anilines is 1. The molecule has 0 unspecified atom stereocenters. The molecule has 1 saturated carbocycles. The van der Waals surface area contributed by atoms with Gasteiger partial charge in [-0.15, -0.1) is 23.5 Å². The first kappa shape index (κ1) is 46.8. The topological polar surface area (TPSA) is 111 Å². The minimum absolute atomic E-state index is 0.0302. The Morgan fingerprint density at radius 1 is 1.03 bits per heavy atom. The van der Waals surface area contributed by atoms with Crippen LogP contribution in [0.15, 0.2) is 48.6 Å². The normalized spacial score (nSPS) is 33.6. The van der Waals surface area contributed by atoms with Crippen molar-refractivity contribution in [1.29, 1.82) is 0 Å². The number of nitrogens with one attached hydrogen (secondary N) is 2. The number of sulfonamides is 1. The average molecular weight is 1010 g/mol. The molecule has 1 spiro atoms. The van der Waals surface area contributed by atoms with Crippen LogP contribution >= 0.6 is 57.7 Å². The van der Waals surface area contributed by atoms with Crippen molar-refractivity contribution in [3.8, 4) is 5.75 Å². The molecular formula is C46H66ClIN4O5S3. The smallest absolute Gasteiger partial charge is 0.264 e. The van der Waals surface area contributed by atoms with Crippen molar-refractivity contribution >= 4 is 79.3 Å². The van der Waals surface area contributed by atoms with Gasteiger partial charge in [0, 0.05) is 54.8 Å². The van der Waals surface area contributed by atoms with Crippen molar-refractivity contribution in [3.63, 3.8) is 0 Å². The Bertz CT molecular complexity index is 1910. The Balaban J connectivity index is 0.000000357. The highest BCUT2D eigenvalue weighted by molar-refractivity contribution is 14.1. The maximum atomic E-state index is 13.5. The van der Waals surface area contributed by atoms with Gasteiger partial charge in [0.1, 0.15) is 11.4 Å². The van der Waals surface area contributed by atoms with Crippen molar-refractivity contribution in [2.24, 2.45) is 17.8 Å². The van der Waals surface area contributed by atoms with Crippen molar-refractivity contribution in [2.45, 2.75) is 112 Å². The van der Waals surface area contributed by atoms with Crippen LogP contribution in [0, 0.1) is 17.8 Å². The number of rotatable bonds is 1. The van der Waals surface area contributed by atoms with Crippen LogP contribution in [0.5, 0.6) is 5.75 Å². The molecular weight excluding hydrogens is 947 g/mol. The predicted octanol–water partition coefficient (Wildman–Crippen LogP) is 8.70. The third-order valence-electron chi connectivity index (χ3n) is 14.1. The van der Waals surface area contributed by atoms with Gasteiger partial charge in [0.25, 0.3) is 5.91 Å². The molecule has 60 heavy (non-hydrogen) atoms. The van der Waals surface area contributed by atoms with Gasteiger partial charge in [0.15, 0.2) is 0 Å².